The summed E-state index contributed by atoms with van der Waals surface area (Å²) in [6.45, 7) is 1.31. The lowest BCUT2D eigenvalue weighted by Gasteiger charge is -2.30. The molecule has 0 bridgehead atoms. The minimum Gasteiger partial charge on any atom is -0.440 e. The molecule has 1 unspecified atom stereocenters. The summed E-state index contributed by atoms with van der Waals surface area (Å²) in [6, 6.07) is 11.3. The Morgan fingerprint density at radius 2 is 2.15 bits per heavy atom. The molecule has 7 heteroatoms. The number of oxazole rings is 1. The quantitative estimate of drug-likeness (QED) is 0.557. The van der Waals surface area contributed by atoms with Gasteiger partial charge in [0.2, 0.25) is 0 Å². The van der Waals surface area contributed by atoms with Gasteiger partial charge in [0.1, 0.15) is 5.52 Å². The molecule has 130 valence electrons. The average Bonchev–Trinajstić information content (AvgIpc) is 3.31. The molecule has 0 spiro atoms. The molecule has 0 N–H and O–H groups in total. The Morgan fingerprint density at radius 1 is 1.23 bits per heavy atom. The summed E-state index contributed by atoms with van der Waals surface area (Å²) in [6.07, 6.45) is 5.36. The lowest BCUT2D eigenvalue weighted by molar-refractivity contribution is 0.0692. The van der Waals surface area contributed by atoms with E-state index in [0.29, 0.717) is 23.8 Å². The van der Waals surface area contributed by atoms with Crippen molar-refractivity contribution in [1.82, 2.24) is 24.5 Å². The number of carbonyl (C=O) groups excluding carboxylic acids is 1. The normalized spacial score (nSPS) is 17.8. The summed E-state index contributed by atoms with van der Waals surface area (Å²) < 4.78 is 7.53. The summed E-state index contributed by atoms with van der Waals surface area (Å²) in [5, 5.41) is 4.34. The van der Waals surface area contributed by atoms with Crippen molar-refractivity contribution in [3.8, 4) is 0 Å². The first-order chi connectivity index (χ1) is 12.8. The Labute approximate surface area is 149 Å². The maximum atomic E-state index is 12.9. The molecule has 1 fully saturated rings. The molecular formula is C19H17N5O2. The highest BCUT2D eigenvalue weighted by Crippen LogP contribution is 2.29. The molecule has 4 heterocycles. The molecule has 0 saturated carbocycles. The van der Waals surface area contributed by atoms with Crippen LogP contribution in [-0.2, 0) is 0 Å². The second-order valence-corrected chi connectivity index (χ2v) is 6.56. The van der Waals surface area contributed by atoms with Crippen molar-refractivity contribution < 1.29 is 9.21 Å². The van der Waals surface area contributed by atoms with Gasteiger partial charge in [-0.25, -0.2) is 14.5 Å². The Morgan fingerprint density at radius 3 is 3.04 bits per heavy atom. The van der Waals surface area contributed by atoms with E-state index in [-0.39, 0.29) is 11.8 Å². The van der Waals surface area contributed by atoms with Crippen molar-refractivity contribution in [1.29, 1.82) is 0 Å². The molecule has 1 aliphatic heterocycles. The van der Waals surface area contributed by atoms with Gasteiger partial charge < -0.3 is 9.32 Å². The highest BCUT2D eigenvalue weighted by atomic mass is 16.3. The zero-order valence-corrected chi connectivity index (χ0v) is 14.1. The fraction of sp³-hybridized carbons (Fsp3) is 0.263. The second-order valence-electron chi connectivity index (χ2n) is 6.56. The van der Waals surface area contributed by atoms with E-state index >= 15 is 0 Å². The maximum Gasteiger partial charge on any atom is 0.274 e. The van der Waals surface area contributed by atoms with Crippen LogP contribution in [0.4, 0.5) is 0 Å². The molecule has 26 heavy (non-hydrogen) atoms. The van der Waals surface area contributed by atoms with Gasteiger partial charge in [0, 0.05) is 31.5 Å². The smallest absolute Gasteiger partial charge is 0.274 e. The molecule has 5 rings (SSSR count). The van der Waals surface area contributed by atoms with Crippen LogP contribution in [0.15, 0.2) is 53.2 Å². The van der Waals surface area contributed by atoms with E-state index in [0.717, 1.165) is 30.5 Å². The van der Waals surface area contributed by atoms with Crippen LogP contribution in [0.5, 0.6) is 0 Å². The zero-order chi connectivity index (χ0) is 17.5. The van der Waals surface area contributed by atoms with Gasteiger partial charge in [0.25, 0.3) is 5.91 Å². The lowest BCUT2D eigenvalue weighted by atomic mass is 9.97. The molecule has 3 aromatic heterocycles. The Hall–Kier alpha value is -3.22. The molecular weight excluding hydrogens is 330 g/mol. The van der Waals surface area contributed by atoms with Crippen molar-refractivity contribution in [3.63, 3.8) is 0 Å². The molecule has 1 amide bonds. The van der Waals surface area contributed by atoms with Crippen LogP contribution in [0.3, 0.4) is 0 Å². The first kappa shape index (κ1) is 15.1. The number of amides is 1. The van der Waals surface area contributed by atoms with Crippen molar-refractivity contribution in [3.05, 3.63) is 60.4 Å². The summed E-state index contributed by atoms with van der Waals surface area (Å²) in [4.78, 5) is 23.6. The van der Waals surface area contributed by atoms with Crippen molar-refractivity contribution in [2.24, 2.45) is 0 Å². The third kappa shape index (κ3) is 2.52. The van der Waals surface area contributed by atoms with Gasteiger partial charge in [0.15, 0.2) is 22.8 Å². The van der Waals surface area contributed by atoms with Crippen LogP contribution in [-0.4, -0.2) is 43.5 Å². The predicted molar refractivity (Wildman–Crippen MR) is 94.9 cm³/mol. The third-order valence-corrected chi connectivity index (χ3v) is 4.82. The van der Waals surface area contributed by atoms with Gasteiger partial charge in [0.05, 0.1) is 5.92 Å². The predicted octanol–water partition coefficient (Wildman–Crippen LogP) is 2.89. The number of nitrogens with zero attached hydrogens (tertiary/aromatic N) is 5. The number of hydrogen-bond acceptors (Lipinski definition) is 5. The minimum absolute atomic E-state index is 0.0729. The van der Waals surface area contributed by atoms with Crippen molar-refractivity contribution in [2.45, 2.75) is 18.8 Å². The van der Waals surface area contributed by atoms with E-state index in [2.05, 4.69) is 15.1 Å². The summed E-state index contributed by atoms with van der Waals surface area (Å²) in [7, 11) is 0. The number of hydrogen-bond donors (Lipinski definition) is 0. The Bertz CT molecular complexity index is 1030. The number of likely N-dealkylation sites (tertiary alicyclic amines) is 1. The van der Waals surface area contributed by atoms with Crippen LogP contribution < -0.4 is 0 Å². The fourth-order valence-electron chi connectivity index (χ4n) is 3.52. The first-order valence-electron chi connectivity index (χ1n) is 8.73. The average molecular weight is 347 g/mol. The number of rotatable bonds is 2. The SMILES string of the molecule is O=C(c1cc2ncccn2n1)N1CCCC(c2nc3ccccc3o2)C1. The number of fused-ring (bicyclic) bond motifs is 2. The lowest BCUT2D eigenvalue weighted by Crippen LogP contribution is -2.39. The van der Waals surface area contributed by atoms with Crippen LogP contribution in [0, 0.1) is 0 Å². The number of aromatic nitrogens is 4. The Kier molecular flexibility index (Phi) is 3.44. The number of carbonyl (C=O) groups is 1. The van der Waals surface area contributed by atoms with Crippen LogP contribution in [0.1, 0.15) is 35.1 Å². The van der Waals surface area contributed by atoms with E-state index in [9.17, 15) is 4.79 Å². The molecule has 1 aromatic carbocycles. The monoisotopic (exact) mass is 347 g/mol. The standard InChI is InChI=1S/C19H17N5O2/c25-19(15-11-17-20-8-4-10-24(17)22-15)23-9-3-5-13(12-23)18-21-14-6-1-2-7-16(14)26-18/h1-2,4,6-8,10-11,13H,3,5,9,12H2. The van der Waals surface area contributed by atoms with E-state index in [4.69, 9.17) is 4.42 Å². The molecule has 1 aliphatic rings. The maximum absolute atomic E-state index is 12.9. The second kappa shape index (κ2) is 5.94. The first-order valence-corrected chi connectivity index (χ1v) is 8.73. The third-order valence-electron chi connectivity index (χ3n) is 4.82. The molecule has 0 radical (unpaired) electrons. The topological polar surface area (TPSA) is 76.5 Å². The summed E-state index contributed by atoms with van der Waals surface area (Å²) >= 11 is 0. The Balaban J connectivity index is 1.40. The highest BCUT2D eigenvalue weighted by molar-refractivity contribution is 5.93. The van der Waals surface area contributed by atoms with Gasteiger partial charge in [-0.1, -0.05) is 12.1 Å². The summed E-state index contributed by atoms with van der Waals surface area (Å²) in [5.41, 5.74) is 2.74. The van der Waals surface area contributed by atoms with Crippen LogP contribution >= 0.6 is 0 Å². The van der Waals surface area contributed by atoms with Gasteiger partial charge in [-0.2, -0.15) is 5.10 Å². The van der Waals surface area contributed by atoms with Gasteiger partial charge in [-0.3, -0.25) is 4.79 Å². The summed E-state index contributed by atoms with van der Waals surface area (Å²) in [5.74, 6) is 0.743. The largest absolute Gasteiger partial charge is 0.440 e. The fourth-order valence-corrected chi connectivity index (χ4v) is 3.52. The van der Waals surface area contributed by atoms with Gasteiger partial charge in [-0.15, -0.1) is 0 Å². The van der Waals surface area contributed by atoms with Gasteiger partial charge in [-0.05, 0) is 31.0 Å². The molecule has 1 saturated heterocycles. The van der Waals surface area contributed by atoms with Crippen molar-refractivity contribution >= 4 is 22.7 Å². The van der Waals surface area contributed by atoms with Crippen LogP contribution in [0.25, 0.3) is 16.7 Å². The van der Waals surface area contributed by atoms with E-state index in [1.807, 2.05) is 29.2 Å². The zero-order valence-electron chi connectivity index (χ0n) is 14.1. The van der Waals surface area contributed by atoms with E-state index in [1.165, 1.54) is 0 Å². The van der Waals surface area contributed by atoms with Crippen LogP contribution in [0.2, 0.25) is 0 Å². The minimum atomic E-state index is -0.0729. The molecule has 1 atom stereocenters. The van der Waals surface area contributed by atoms with E-state index < -0.39 is 0 Å². The van der Waals surface area contributed by atoms with Gasteiger partial charge >= 0.3 is 0 Å². The highest BCUT2D eigenvalue weighted by Gasteiger charge is 2.29. The number of piperidine rings is 1. The number of benzene rings is 1. The number of para-hydroxylation sites is 2. The molecule has 4 aromatic rings. The van der Waals surface area contributed by atoms with Crippen molar-refractivity contribution in [2.75, 3.05) is 13.1 Å². The van der Waals surface area contributed by atoms with E-state index in [1.54, 1.807) is 29.0 Å². The molecule has 7 nitrogen and oxygen atoms in total. The molecule has 0 aliphatic carbocycles.